The first-order valence-corrected chi connectivity index (χ1v) is 16.2. The number of hydrogen-bond donors (Lipinski definition) is 4. The molecule has 0 aromatic carbocycles. The summed E-state index contributed by atoms with van der Waals surface area (Å²) in [5.74, 6) is -0.649. The number of aromatic nitrogens is 8. The van der Waals surface area contributed by atoms with Crippen molar-refractivity contribution in [3.8, 4) is 0 Å². The molecular weight excluding hydrogens is 594 g/mol. The third-order valence-electron chi connectivity index (χ3n) is 8.21. The second-order valence-electron chi connectivity index (χ2n) is 10.8. The van der Waals surface area contributed by atoms with Crippen LogP contribution in [0.3, 0.4) is 0 Å². The molecule has 2 saturated carbocycles. The van der Waals surface area contributed by atoms with Crippen molar-refractivity contribution in [1.29, 1.82) is 0 Å². The number of phosphoric acid groups is 2. The highest BCUT2D eigenvalue weighted by molar-refractivity contribution is 7.47. The predicted octanol–water partition coefficient (Wildman–Crippen LogP) is 1.75. The Morgan fingerprint density at radius 2 is 1.12 bits per heavy atom. The van der Waals surface area contributed by atoms with Gasteiger partial charge in [0.2, 0.25) is 0 Å². The van der Waals surface area contributed by atoms with E-state index in [1.807, 2.05) is 0 Å². The van der Waals surface area contributed by atoms with E-state index in [9.17, 15) is 18.9 Å². The molecule has 4 aromatic heterocycles. The minimum absolute atomic E-state index is 0.223. The normalized spacial score (nSPS) is 36.0. The van der Waals surface area contributed by atoms with Gasteiger partial charge in [0.25, 0.3) is 0 Å². The van der Waals surface area contributed by atoms with Gasteiger partial charge >= 0.3 is 15.6 Å². The molecule has 3 fully saturated rings. The topological polar surface area (TPSA) is 251 Å². The van der Waals surface area contributed by atoms with E-state index in [2.05, 4.69) is 29.9 Å². The van der Waals surface area contributed by atoms with Gasteiger partial charge in [0.15, 0.2) is 22.9 Å². The second-order valence-corrected chi connectivity index (χ2v) is 13.6. The first-order valence-electron chi connectivity index (χ1n) is 13.2. The van der Waals surface area contributed by atoms with Gasteiger partial charge in [-0.2, -0.15) is 0 Å². The Balaban J connectivity index is 1.12. The minimum Gasteiger partial charge on any atom is -0.382 e. The lowest BCUT2D eigenvalue weighted by Gasteiger charge is -2.27. The molecule has 3 aliphatic rings. The minimum atomic E-state index is -4.54. The molecule has 6 N–H and O–H groups in total. The second kappa shape index (κ2) is 10.3. The lowest BCUT2D eigenvalue weighted by molar-refractivity contribution is 0.0171. The zero-order valence-corrected chi connectivity index (χ0v) is 23.8. The Morgan fingerprint density at radius 1 is 0.690 bits per heavy atom. The van der Waals surface area contributed by atoms with Crippen molar-refractivity contribution in [2.24, 2.45) is 11.8 Å². The summed E-state index contributed by atoms with van der Waals surface area (Å²) in [7, 11) is -9.09. The molecule has 20 heteroatoms. The molecular formula is C22H28N10O8P2. The number of nitrogen functional groups attached to an aromatic ring is 2. The molecule has 2 aliphatic carbocycles. The van der Waals surface area contributed by atoms with Gasteiger partial charge in [-0.1, -0.05) is 0 Å². The van der Waals surface area contributed by atoms with E-state index in [0.29, 0.717) is 35.2 Å². The van der Waals surface area contributed by atoms with Crippen molar-refractivity contribution >= 4 is 49.6 Å². The van der Waals surface area contributed by atoms with Crippen LogP contribution < -0.4 is 11.5 Å². The Labute approximate surface area is 237 Å². The van der Waals surface area contributed by atoms with E-state index >= 15 is 0 Å². The number of rotatable bonds is 2. The number of nitrogens with two attached hydrogens (primary N) is 2. The first kappa shape index (κ1) is 27.7. The fourth-order valence-electron chi connectivity index (χ4n) is 6.24. The molecule has 5 heterocycles. The molecule has 0 spiro atoms. The maximum absolute atomic E-state index is 13.1. The number of anilines is 2. The highest BCUT2D eigenvalue weighted by Gasteiger charge is 2.46. The Hall–Kier alpha value is -3.08. The summed E-state index contributed by atoms with van der Waals surface area (Å²) in [6, 6.07) is -0.565. The average molecular weight is 622 g/mol. The van der Waals surface area contributed by atoms with Crippen LogP contribution in [0.4, 0.5) is 11.6 Å². The molecule has 1 saturated heterocycles. The third kappa shape index (κ3) is 5.07. The molecule has 0 amide bonds. The maximum Gasteiger partial charge on any atom is 0.472 e. The lowest BCUT2D eigenvalue weighted by Crippen LogP contribution is -2.26. The number of hydrogen-bond acceptors (Lipinski definition) is 14. The zero-order valence-electron chi connectivity index (χ0n) is 22.0. The van der Waals surface area contributed by atoms with E-state index in [0.717, 1.165) is 0 Å². The summed E-state index contributed by atoms with van der Waals surface area (Å²) in [5, 5.41) is 0. The SMILES string of the molecule is Nc1ncnc2c1ncn2[C@@H]1C[C@@H]2COP(=O)(O)OC3C[C@H](n4cnc5c(N)ncnc54)C[C@@H]3COP(=O)(O)O[C@@H]2C1. The van der Waals surface area contributed by atoms with Crippen LogP contribution in [0, 0.1) is 11.8 Å². The van der Waals surface area contributed by atoms with Gasteiger partial charge in [-0.25, -0.2) is 39.0 Å². The van der Waals surface area contributed by atoms with Gasteiger partial charge in [-0.15, -0.1) is 0 Å². The van der Waals surface area contributed by atoms with Crippen LogP contribution in [0.2, 0.25) is 0 Å². The molecule has 0 bridgehead atoms. The van der Waals surface area contributed by atoms with Gasteiger partial charge in [0, 0.05) is 23.9 Å². The summed E-state index contributed by atoms with van der Waals surface area (Å²) >= 11 is 0. The van der Waals surface area contributed by atoms with E-state index in [4.69, 9.17) is 29.6 Å². The van der Waals surface area contributed by atoms with E-state index in [1.54, 1.807) is 21.8 Å². The Bertz CT molecular complexity index is 1620. The summed E-state index contributed by atoms with van der Waals surface area (Å²) in [4.78, 5) is 46.4. The van der Waals surface area contributed by atoms with Crippen molar-refractivity contribution in [2.45, 2.75) is 50.0 Å². The molecule has 7 rings (SSSR count). The lowest BCUT2D eigenvalue weighted by atomic mass is 10.1. The smallest absolute Gasteiger partial charge is 0.382 e. The molecule has 18 nitrogen and oxygen atoms in total. The van der Waals surface area contributed by atoms with Gasteiger partial charge in [-0.3, -0.25) is 18.1 Å². The molecule has 4 aromatic rings. The van der Waals surface area contributed by atoms with E-state index in [-0.39, 0.29) is 49.8 Å². The summed E-state index contributed by atoms with van der Waals surface area (Å²) in [6.45, 7) is -0.524. The highest BCUT2D eigenvalue weighted by atomic mass is 31.2. The van der Waals surface area contributed by atoms with Gasteiger partial charge in [0.1, 0.15) is 23.7 Å². The number of phosphoric ester groups is 2. The summed E-state index contributed by atoms with van der Waals surface area (Å²) in [5.41, 5.74) is 13.7. The zero-order chi connectivity index (χ0) is 29.2. The van der Waals surface area contributed by atoms with Gasteiger partial charge in [0.05, 0.1) is 38.1 Å². The molecule has 1 aliphatic heterocycles. The predicted molar refractivity (Wildman–Crippen MR) is 144 cm³/mol. The van der Waals surface area contributed by atoms with Crippen LogP contribution in [-0.4, -0.2) is 74.2 Å². The monoisotopic (exact) mass is 622 g/mol. The van der Waals surface area contributed by atoms with Crippen molar-refractivity contribution in [3.05, 3.63) is 25.3 Å². The average Bonchev–Trinajstić information content (AvgIpc) is 3.71. The molecule has 224 valence electrons. The Kier molecular flexibility index (Phi) is 6.79. The standard InChI is InChI=1S/C22H28N10O8P2/c23-19-17-21(27-7-25-19)31(9-29-17)13-1-11-5-37-41(33,34)40-16-4-14(32-10-30-18-20(24)26-8-28-22(18)32)2-12(16)6-38-42(35,36)39-15(11)3-13/h7-16H,1-6H2,(H,33,34)(H,35,36)(H2,23,25,27)(H2,24,26,28)/t11-,12-,13-,14-,15-,16?/m1/s1. The largest absolute Gasteiger partial charge is 0.472 e. The van der Waals surface area contributed by atoms with Crippen LogP contribution in [0.25, 0.3) is 22.3 Å². The maximum atomic E-state index is 13.1. The van der Waals surface area contributed by atoms with Crippen LogP contribution in [0.15, 0.2) is 25.3 Å². The van der Waals surface area contributed by atoms with Crippen LogP contribution in [-0.2, 0) is 27.2 Å². The van der Waals surface area contributed by atoms with Crippen LogP contribution in [0.1, 0.15) is 37.8 Å². The highest BCUT2D eigenvalue weighted by Crippen LogP contribution is 2.56. The molecule has 0 radical (unpaired) electrons. The summed E-state index contributed by atoms with van der Waals surface area (Å²) < 4.78 is 52.0. The number of nitrogens with zero attached hydrogens (tertiary/aromatic N) is 8. The van der Waals surface area contributed by atoms with Gasteiger partial charge < -0.3 is 30.4 Å². The van der Waals surface area contributed by atoms with E-state index in [1.165, 1.54) is 12.7 Å². The quantitative estimate of drug-likeness (QED) is 0.232. The third-order valence-corrected chi connectivity index (χ3v) is 10.2. The van der Waals surface area contributed by atoms with E-state index < -0.39 is 39.7 Å². The van der Waals surface area contributed by atoms with Crippen molar-refractivity contribution < 1.29 is 37.0 Å². The summed E-state index contributed by atoms with van der Waals surface area (Å²) in [6.07, 6.45) is 5.36. The molecule has 3 unspecified atom stereocenters. The Morgan fingerprint density at radius 3 is 1.55 bits per heavy atom. The van der Waals surface area contributed by atoms with Crippen molar-refractivity contribution in [1.82, 2.24) is 39.0 Å². The fourth-order valence-corrected chi connectivity index (χ4v) is 8.32. The van der Waals surface area contributed by atoms with Gasteiger partial charge in [-0.05, 0) is 25.7 Å². The van der Waals surface area contributed by atoms with Crippen molar-refractivity contribution in [2.75, 3.05) is 24.7 Å². The molecule has 8 atom stereocenters. The number of fused-ring (bicyclic) bond motifs is 4. The fraction of sp³-hybridized carbons (Fsp3) is 0.545. The van der Waals surface area contributed by atoms with Crippen molar-refractivity contribution in [3.63, 3.8) is 0 Å². The molecule has 42 heavy (non-hydrogen) atoms. The van der Waals surface area contributed by atoms with Crippen LogP contribution >= 0.6 is 15.6 Å². The first-order chi connectivity index (χ1) is 20.1. The van der Waals surface area contributed by atoms with Crippen LogP contribution in [0.5, 0.6) is 0 Å². The number of imidazole rings is 2.